The van der Waals surface area contributed by atoms with Gasteiger partial charge in [-0.3, -0.25) is 4.79 Å². The molecule has 76 valence electrons. The molecule has 0 rings (SSSR count). The lowest BCUT2D eigenvalue weighted by atomic mass is 10.4. The summed E-state index contributed by atoms with van der Waals surface area (Å²) in [6.07, 6.45) is 0.810. The average molecular weight is 188 g/mol. The van der Waals surface area contributed by atoms with Gasteiger partial charge in [0.1, 0.15) is 6.54 Å². The monoisotopic (exact) mass is 188 g/mol. The number of rotatable bonds is 4. The van der Waals surface area contributed by atoms with Crippen LogP contribution in [-0.2, 0) is 9.53 Å². The second-order valence-electron chi connectivity index (χ2n) is 2.55. The highest BCUT2D eigenvalue weighted by atomic mass is 16.5. The molecule has 2 amide bonds. The van der Waals surface area contributed by atoms with Crippen molar-refractivity contribution in [2.75, 3.05) is 27.2 Å². The van der Waals surface area contributed by atoms with Gasteiger partial charge in [0.05, 0.1) is 7.11 Å². The van der Waals surface area contributed by atoms with E-state index in [0.29, 0.717) is 6.54 Å². The van der Waals surface area contributed by atoms with Crippen molar-refractivity contribution in [2.24, 2.45) is 0 Å². The van der Waals surface area contributed by atoms with E-state index in [1.165, 1.54) is 19.1 Å². The fourth-order valence-corrected chi connectivity index (χ4v) is 0.901. The molecule has 0 saturated heterocycles. The quantitative estimate of drug-likeness (QED) is 0.642. The summed E-state index contributed by atoms with van der Waals surface area (Å²) in [6.45, 7) is 2.49. The summed E-state index contributed by atoms with van der Waals surface area (Å²) in [5.41, 5.74) is 0. The molecule has 1 N–H and O–H groups in total. The lowest BCUT2D eigenvalue weighted by Gasteiger charge is -2.19. The maximum absolute atomic E-state index is 11.2. The molecule has 13 heavy (non-hydrogen) atoms. The third kappa shape index (κ3) is 4.35. The van der Waals surface area contributed by atoms with E-state index in [0.717, 1.165) is 6.42 Å². The van der Waals surface area contributed by atoms with Crippen LogP contribution < -0.4 is 5.32 Å². The molecule has 0 fully saturated rings. The molecule has 0 heterocycles. The number of esters is 1. The van der Waals surface area contributed by atoms with Crippen molar-refractivity contribution in [2.45, 2.75) is 13.3 Å². The Bertz CT molecular complexity index is 182. The van der Waals surface area contributed by atoms with Crippen molar-refractivity contribution >= 4 is 12.0 Å². The van der Waals surface area contributed by atoms with Crippen LogP contribution in [0.1, 0.15) is 13.3 Å². The number of carbonyl (C=O) groups is 2. The highest BCUT2D eigenvalue weighted by Crippen LogP contribution is 1.92. The van der Waals surface area contributed by atoms with Gasteiger partial charge >= 0.3 is 12.0 Å². The van der Waals surface area contributed by atoms with Gasteiger partial charge in [0.15, 0.2) is 0 Å². The van der Waals surface area contributed by atoms with Crippen molar-refractivity contribution < 1.29 is 14.3 Å². The normalized spacial score (nSPS) is 9.15. The molecule has 0 aromatic carbocycles. The van der Waals surface area contributed by atoms with Crippen LogP contribution in [-0.4, -0.2) is 44.1 Å². The van der Waals surface area contributed by atoms with Gasteiger partial charge in [-0.05, 0) is 6.42 Å². The molecule has 0 spiro atoms. The fourth-order valence-electron chi connectivity index (χ4n) is 0.901. The van der Waals surface area contributed by atoms with Gasteiger partial charge in [-0.15, -0.1) is 0 Å². The first-order valence-corrected chi connectivity index (χ1v) is 4.19. The van der Waals surface area contributed by atoms with Crippen molar-refractivity contribution in [1.29, 1.82) is 0 Å². The number of nitrogens with one attached hydrogen (secondary N) is 1. The number of urea groups is 1. The Morgan fingerprint density at radius 3 is 2.46 bits per heavy atom. The standard InChI is InChI=1S/C8H16N2O3/c1-4-5-10(8(12)9-2)6-7(11)13-3/h4-6H2,1-3H3,(H,9,12). The molecule has 5 nitrogen and oxygen atoms in total. The highest BCUT2D eigenvalue weighted by Gasteiger charge is 2.14. The van der Waals surface area contributed by atoms with Gasteiger partial charge in [-0.1, -0.05) is 6.92 Å². The van der Waals surface area contributed by atoms with Crippen molar-refractivity contribution in [3.63, 3.8) is 0 Å². The third-order valence-electron chi connectivity index (χ3n) is 1.54. The van der Waals surface area contributed by atoms with E-state index in [1.807, 2.05) is 6.92 Å². The Labute approximate surface area is 78.0 Å². The first-order valence-electron chi connectivity index (χ1n) is 4.19. The van der Waals surface area contributed by atoms with Crippen LogP contribution in [0.3, 0.4) is 0 Å². The largest absolute Gasteiger partial charge is 0.468 e. The Kier molecular flexibility index (Phi) is 5.67. The van der Waals surface area contributed by atoms with Crippen molar-refractivity contribution in [3.05, 3.63) is 0 Å². The maximum atomic E-state index is 11.2. The SMILES string of the molecule is CCCN(CC(=O)OC)C(=O)NC. The minimum atomic E-state index is -0.406. The second-order valence-corrected chi connectivity index (χ2v) is 2.55. The second kappa shape index (κ2) is 6.28. The lowest BCUT2D eigenvalue weighted by molar-refractivity contribution is -0.141. The summed E-state index contributed by atoms with van der Waals surface area (Å²) in [7, 11) is 2.83. The van der Waals surface area contributed by atoms with E-state index in [9.17, 15) is 9.59 Å². The first kappa shape index (κ1) is 11.7. The summed E-state index contributed by atoms with van der Waals surface area (Å²) in [5.74, 6) is -0.406. The number of ether oxygens (including phenoxy) is 1. The third-order valence-corrected chi connectivity index (χ3v) is 1.54. The molecule has 5 heteroatoms. The molecule has 0 aromatic heterocycles. The fraction of sp³-hybridized carbons (Fsp3) is 0.750. The molecule has 0 bridgehead atoms. The Hall–Kier alpha value is -1.26. The van der Waals surface area contributed by atoms with Crippen LogP contribution in [0.15, 0.2) is 0 Å². The van der Waals surface area contributed by atoms with Gasteiger partial charge in [0.25, 0.3) is 0 Å². The molecular weight excluding hydrogens is 172 g/mol. The van der Waals surface area contributed by atoms with Crippen LogP contribution in [0.25, 0.3) is 0 Å². The average Bonchev–Trinajstić information content (AvgIpc) is 2.15. The van der Waals surface area contributed by atoms with E-state index in [4.69, 9.17) is 0 Å². The first-order chi connectivity index (χ1) is 6.15. The minimum absolute atomic E-state index is 0.00398. The number of amides is 2. The summed E-state index contributed by atoms with van der Waals surface area (Å²) in [5, 5.41) is 2.46. The van der Waals surface area contributed by atoms with Gasteiger partial charge < -0.3 is 15.0 Å². The lowest BCUT2D eigenvalue weighted by Crippen LogP contribution is -2.41. The Balaban J connectivity index is 4.08. The number of methoxy groups -OCH3 is 1. The number of carbonyl (C=O) groups excluding carboxylic acids is 2. The van der Waals surface area contributed by atoms with Crippen LogP contribution in [0, 0.1) is 0 Å². The van der Waals surface area contributed by atoms with Crippen LogP contribution in [0.5, 0.6) is 0 Å². The van der Waals surface area contributed by atoms with Gasteiger partial charge in [-0.25, -0.2) is 4.79 Å². The van der Waals surface area contributed by atoms with Gasteiger partial charge in [0.2, 0.25) is 0 Å². The van der Waals surface area contributed by atoms with E-state index >= 15 is 0 Å². The van der Waals surface area contributed by atoms with Crippen LogP contribution in [0.4, 0.5) is 4.79 Å². The summed E-state index contributed by atoms with van der Waals surface area (Å²) in [6, 6.07) is -0.257. The number of hydrogen-bond acceptors (Lipinski definition) is 3. The van der Waals surface area contributed by atoms with Crippen molar-refractivity contribution in [1.82, 2.24) is 10.2 Å². The predicted octanol–water partition coefficient (Wildman–Crippen LogP) is 0.211. The zero-order chi connectivity index (χ0) is 10.3. The van der Waals surface area contributed by atoms with E-state index in [2.05, 4.69) is 10.1 Å². The van der Waals surface area contributed by atoms with E-state index < -0.39 is 5.97 Å². The van der Waals surface area contributed by atoms with Crippen LogP contribution >= 0.6 is 0 Å². The molecule has 0 aliphatic rings. The highest BCUT2D eigenvalue weighted by molar-refractivity contribution is 5.80. The topological polar surface area (TPSA) is 58.6 Å². The van der Waals surface area contributed by atoms with Crippen molar-refractivity contribution in [3.8, 4) is 0 Å². The Morgan fingerprint density at radius 2 is 2.08 bits per heavy atom. The van der Waals surface area contributed by atoms with Gasteiger partial charge in [0, 0.05) is 13.6 Å². The molecule has 0 saturated carbocycles. The summed E-state index contributed by atoms with van der Waals surface area (Å²) < 4.78 is 4.46. The van der Waals surface area contributed by atoms with Crippen LogP contribution in [0.2, 0.25) is 0 Å². The minimum Gasteiger partial charge on any atom is -0.468 e. The zero-order valence-corrected chi connectivity index (χ0v) is 8.29. The van der Waals surface area contributed by atoms with Gasteiger partial charge in [-0.2, -0.15) is 0 Å². The number of hydrogen-bond donors (Lipinski definition) is 1. The van der Waals surface area contributed by atoms with E-state index in [-0.39, 0.29) is 12.6 Å². The molecule has 0 aromatic rings. The smallest absolute Gasteiger partial charge is 0.325 e. The summed E-state index contributed by atoms with van der Waals surface area (Å²) >= 11 is 0. The zero-order valence-electron chi connectivity index (χ0n) is 8.29. The summed E-state index contributed by atoms with van der Waals surface area (Å²) in [4.78, 5) is 23.4. The molecule has 0 atom stereocenters. The van der Waals surface area contributed by atoms with E-state index in [1.54, 1.807) is 0 Å². The number of nitrogens with zero attached hydrogens (tertiary/aromatic N) is 1. The molecule has 0 radical (unpaired) electrons. The predicted molar refractivity (Wildman–Crippen MR) is 48.3 cm³/mol. The maximum Gasteiger partial charge on any atom is 0.325 e. The molecular formula is C8H16N2O3. The molecule has 0 aliphatic heterocycles. The molecule has 0 aliphatic carbocycles. The Morgan fingerprint density at radius 1 is 1.46 bits per heavy atom. The molecule has 0 unspecified atom stereocenters.